The number of fused-ring (bicyclic) bond motifs is 5. The largest absolute Gasteiger partial charge is 0.481 e. The van der Waals surface area contributed by atoms with Gasteiger partial charge in [-0.3, -0.25) is 4.79 Å². The fraction of sp³-hybridized carbons (Fsp3) is 0.440. The third-order valence-corrected chi connectivity index (χ3v) is 8.08. The zero-order chi connectivity index (χ0) is 23.0. The Balaban J connectivity index is 1.38. The number of nitrogens with zero attached hydrogens (tertiary/aromatic N) is 4. The van der Waals surface area contributed by atoms with Crippen LogP contribution in [0.4, 0.5) is 10.2 Å². The van der Waals surface area contributed by atoms with E-state index >= 15 is 0 Å². The number of pyridine rings is 1. The maximum absolute atomic E-state index is 14.0. The van der Waals surface area contributed by atoms with Gasteiger partial charge in [-0.05, 0) is 68.6 Å². The summed E-state index contributed by atoms with van der Waals surface area (Å²) in [4.78, 5) is 24.3. The summed E-state index contributed by atoms with van der Waals surface area (Å²) in [6.45, 7) is 0. The van der Waals surface area contributed by atoms with Crippen LogP contribution in [0.5, 0.6) is 0 Å². The summed E-state index contributed by atoms with van der Waals surface area (Å²) in [5, 5.41) is 19.1. The summed E-state index contributed by atoms with van der Waals surface area (Å²) in [5.41, 5.74) is 3.22. The van der Waals surface area contributed by atoms with E-state index in [1.165, 1.54) is 12.3 Å². The highest BCUT2D eigenvalue weighted by atomic mass is 19.1. The first-order valence-corrected chi connectivity index (χ1v) is 12.1. The Labute approximate surface area is 194 Å². The molecule has 8 nitrogen and oxygen atoms in total. The van der Waals surface area contributed by atoms with Crippen LogP contribution in [0, 0.1) is 23.6 Å². The number of carbonyl (C=O) groups is 1. The van der Waals surface area contributed by atoms with Crippen LogP contribution < -0.4 is 5.32 Å². The van der Waals surface area contributed by atoms with Gasteiger partial charge in [0.25, 0.3) is 0 Å². The Morgan fingerprint density at radius 1 is 1.15 bits per heavy atom. The maximum atomic E-state index is 14.0. The van der Waals surface area contributed by atoms with Crippen LogP contribution in [-0.2, 0) is 4.79 Å². The lowest BCUT2D eigenvalue weighted by molar-refractivity contribution is -0.148. The normalized spacial score (nSPS) is 26.4. The summed E-state index contributed by atoms with van der Waals surface area (Å²) < 4.78 is 15.9. The Morgan fingerprint density at radius 3 is 2.71 bits per heavy atom. The molecule has 0 radical (unpaired) electrons. The van der Waals surface area contributed by atoms with Crippen molar-refractivity contribution < 1.29 is 14.3 Å². The molecule has 3 N–H and O–H groups in total. The van der Waals surface area contributed by atoms with Crippen molar-refractivity contribution in [2.75, 3.05) is 5.32 Å². The minimum absolute atomic E-state index is 0.169. The lowest BCUT2D eigenvalue weighted by Crippen LogP contribution is -2.51. The number of rotatable bonds is 5. The van der Waals surface area contributed by atoms with Gasteiger partial charge in [0.05, 0.1) is 12.1 Å². The van der Waals surface area contributed by atoms with Crippen LogP contribution in [0.2, 0.25) is 0 Å². The van der Waals surface area contributed by atoms with Crippen molar-refractivity contribution >= 4 is 28.3 Å². The number of anilines is 1. The minimum Gasteiger partial charge on any atom is -0.481 e. The van der Waals surface area contributed by atoms with Crippen LogP contribution in [0.15, 0.2) is 30.6 Å². The van der Waals surface area contributed by atoms with Crippen molar-refractivity contribution in [2.45, 2.75) is 50.5 Å². The van der Waals surface area contributed by atoms with E-state index in [1.54, 1.807) is 6.20 Å². The van der Waals surface area contributed by atoms with E-state index in [-0.39, 0.29) is 12.0 Å². The highest BCUT2D eigenvalue weighted by Crippen LogP contribution is 2.47. The molecule has 8 rings (SSSR count). The monoisotopic (exact) mass is 460 g/mol. The molecule has 0 amide bonds. The van der Waals surface area contributed by atoms with Crippen molar-refractivity contribution in [3.05, 3.63) is 42.1 Å². The Hall–Kier alpha value is -3.49. The van der Waals surface area contributed by atoms with Crippen LogP contribution in [0.3, 0.4) is 0 Å². The van der Waals surface area contributed by atoms with Gasteiger partial charge >= 0.3 is 5.97 Å². The molecule has 0 unspecified atom stereocenters. The van der Waals surface area contributed by atoms with Crippen molar-refractivity contribution in [2.24, 2.45) is 17.8 Å². The van der Waals surface area contributed by atoms with E-state index in [2.05, 4.69) is 21.4 Å². The summed E-state index contributed by atoms with van der Waals surface area (Å²) in [7, 11) is 0. The lowest BCUT2D eigenvalue weighted by Gasteiger charge is -2.47. The molecule has 4 heterocycles. The van der Waals surface area contributed by atoms with Crippen LogP contribution >= 0.6 is 0 Å². The number of aliphatic carboxylic acids is 1. The van der Waals surface area contributed by atoms with Gasteiger partial charge in [0.15, 0.2) is 11.6 Å². The van der Waals surface area contributed by atoms with Gasteiger partial charge in [0.1, 0.15) is 17.0 Å². The standard InChI is InChI=1S/C25H25FN6O2/c26-15-9-16-17(11-28-22(16)27-10-15)23-30-24(19-8-7-18(12-1-2-12)32(19)31-23)29-21-14-5-3-13(4-6-14)20(21)25(33)34/h7-14,20-21H,1-6H2,(H,27,28)(H,33,34)(H,29,30,31)/t13-,14+,20-,21-/m0/s1. The van der Waals surface area contributed by atoms with Gasteiger partial charge in [-0.25, -0.2) is 18.9 Å². The number of hydrogen-bond donors (Lipinski definition) is 3. The molecule has 2 atom stereocenters. The highest BCUT2D eigenvalue weighted by Gasteiger charge is 2.47. The third-order valence-electron chi connectivity index (χ3n) is 8.08. The smallest absolute Gasteiger partial charge is 0.308 e. The van der Waals surface area contributed by atoms with Crippen LogP contribution in [0.25, 0.3) is 27.9 Å². The summed E-state index contributed by atoms with van der Waals surface area (Å²) >= 11 is 0. The first kappa shape index (κ1) is 19.9. The predicted octanol–water partition coefficient (Wildman–Crippen LogP) is 4.59. The van der Waals surface area contributed by atoms with Crippen LogP contribution in [0.1, 0.15) is 50.1 Å². The van der Waals surface area contributed by atoms with E-state index < -0.39 is 17.7 Å². The third kappa shape index (κ3) is 3.02. The lowest BCUT2D eigenvalue weighted by atomic mass is 9.61. The fourth-order valence-electron chi connectivity index (χ4n) is 6.26. The molecule has 0 saturated heterocycles. The molecule has 4 aromatic heterocycles. The quantitative estimate of drug-likeness (QED) is 0.402. The number of carboxylic acid groups (broad SMARTS) is 1. The maximum Gasteiger partial charge on any atom is 0.308 e. The van der Waals surface area contributed by atoms with Crippen molar-refractivity contribution in [1.82, 2.24) is 24.6 Å². The average molecular weight is 461 g/mol. The molecule has 174 valence electrons. The number of aromatic amines is 1. The fourth-order valence-corrected chi connectivity index (χ4v) is 6.26. The molecule has 2 bridgehead atoms. The Morgan fingerprint density at radius 2 is 1.94 bits per heavy atom. The molecule has 34 heavy (non-hydrogen) atoms. The van der Waals surface area contributed by atoms with E-state index in [1.807, 2.05) is 10.6 Å². The molecule has 0 aliphatic heterocycles. The number of H-pyrrole nitrogens is 1. The number of aromatic nitrogens is 5. The van der Waals surface area contributed by atoms with Crippen molar-refractivity contribution in [3.8, 4) is 11.4 Å². The summed E-state index contributed by atoms with van der Waals surface area (Å²) in [6, 6.07) is 5.38. The number of hydrogen-bond acceptors (Lipinski definition) is 5. The number of halogens is 1. The predicted molar refractivity (Wildman–Crippen MR) is 124 cm³/mol. The average Bonchev–Trinajstić information content (AvgIpc) is 3.45. The molecule has 4 saturated carbocycles. The SMILES string of the molecule is O=C(O)[C@H]1[C@H]2CC[C@H](CC2)[C@@H]1Nc1nc(-c2c[nH]c3ncc(F)cc23)nn2c(C3CC3)ccc12. The summed E-state index contributed by atoms with van der Waals surface area (Å²) in [6.07, 6.45) is 9.24. The molecule has 4 aromatic rings. The second kappa shape index (κ2) is 7.25. The van der Waals surface area contributed by atoms with Gasteiger partial charge < -0.3 is 15.4 Å². The zero-order valence-electron chi connectivity index (χ0n) is 18.5. The van der Waals surface area contributed by atoms with Gasteiger partial charge in [0, 0.05) is 34.8 Å². The Kier molecular flexibility index (Phi) is 4.25. The van der Waals surface area contributed by atoms with Crippen LogP contribution in [-0.4, -0.2) is 41.7 Å². The molecule has 0 aromatic carbocycles. The molecule has 4 aliphatic rings. The van der Waals surface area contributed by atoms with Gasteiger partial charge in [-0.15, -0.1) is 5.10 Å². The second-order valence-corrected chi connectivity index (χ2v) is 10.1. The zero-order valence-corrected chi connectivity index (χ0v) is 18.5. The van der Waals surface area contributed by atoms with E-state index in [9.17, 15) is 14.3 Å². The van der Waals surface area contributed by atoms with E-state index in [0.29, 0.717) is 40.1 Å². The second-order valence-electron chi connectivity index (χ2n) is 10.1. The van der Waals surface area contributed by atoms with E-state index in [4.69, 9.17) is 10.1 Å². The van der Waals surface area contributed by atoms with Gasteiger partial charge in [0.2, 0.25) is 0 Å². The van der Waals surface area contributed by atoms with Crippen molar-refractivity contribution in [1.29, 1.82) is 0 Å². The van der Waals surface area contributed by atoms with Gasteiger partial charge in [-0.1, -0.05) is 0 Å². The molecule has 4 aliphatic carbocycles. The van der Waals surface area contributed by atoms with Crippen molar-refractivity contribution in [3.63, 3.8) is 0 Å². The molecule has 9 heteroatoms. The minimum atomic E-state index is -0.732. The first-order chi connectivity index (χ1) is 16.6. The first-order valence-electron chi connectivity index (χ1n) is 12.1. The Bertz CT molecular complexity index is 1430. The number of nitrogens with one attached hydrogen (secondary N) is 2. The molecule has 4 fully saturated rings. The van der Waals surface area contributed by atoms with E-state index in [0.717, 1.165) is 49.7 Å². The summed E-state index contributed by atoms with van der Waals surface area (Å²) in [5.74, 6) is 0.508. The molecule has 0 spiro atoms. The molecular weight excluding hydrogens is 435 g/mol. The topological polar surface area (TPSA) is 108 Å². The number of carboxylic acids is 1. The van der Waals surface area contributed by atoms with Gasteiger partial charge in [-0.2, -0.15) is 0 Å². The molecular formula is C25H25FN6O2. The highest BCUT2D eigenvalue weighted by molar-refractivity contribution is 5.92.